The molecular formula is C22H14N2O. The molecule has 0 spiro atoms. The highest BCUT2D eigenvalue weighted by Crippen LogP contribution is 2.34. The van der Waals surface area contributed by atoms with Crippen LogP contribution in [0.4, 0.5) is 0 Å². The number of hydrogen-bond acceptors (Lipinski definition) is 3. The van der Waals surface area contributed by atoms with E-state index in [0.717, 1.165) is 44.7 Å². The van der Waals surface area contributed by atoms with Crippen LogP contribution < -0.4 is 0 Å². The summed E-state index contributed by atoms with van der Waals surface area (Å²) in [5.74, 6) is 0.735. The van der Waals surface area contributed by atoms with Gasteiger partial charge >= 0.3 is 0 Å². The second kappa shape index (κ2) is 5.56. The van der Waals surface area contributed by atoms with E-state index in [-0.39, 0.29) is 0 Å². The first kappa shape index (κ1) is 13.9. The van der Waals surface area contributed by atoms with Gasteiger partial charge in [-0.15, -0.1) is 0 Å². The van der Waals surface area contributed by atoms with Gasteiger partial charge in [-0.25, -0.2) is 9.97 Å². The van der Waals surface area contributed by atoms with E-state index in [4.69, 9.17) is 14.4 Å². The third-order valence-corrected chi connectivity index (χ3v) is 4.28. The number of aromatic nitrogens is 2. The minimum atomic E-state index is 0.735. The Kier molecular flexibility index (Phi) is 3.10. The summed E-state index contributed by atoms with van der Waals surface area (Å²) in [4.78, 5) is 9.73. The molecular weight excluding hydrogens is 308 g/mol. The molecule has 0 bridgehead atoms. The Morgan fingerprint density at radius 2 is 1.24 bits per heavy atom. The molecule has 0 aliphatic carbocycles. The fourth-order valence-corrected chi connectivity index (χ4v) is 3.07. The molecule has 0 saturated heterocycles. The van der Waals surface area contributed by atoms with Gasteiger partial charge < -0.3 is 4.42 Å². The van der Waals surface area contributed by atoms with E-state index in [1.807, 2.05) is 84.9 Å². The molecule has 0 unspecified atom stereocenters. The summed E-state index contributed by atoms with van der Waals surface area (Å²) in [5, 5.41) is 1.06. The normalized spacial score (nSPS) is 11.2. The van der Waals surface area contributed by atoms with Gasteiger partial charge in [0.1, 0.15) is 17.0 Å². The zero-order valence-electron chi connectivity index (χ0n) is 13.4. The van der Waals surface area contributed by atoms with Gasteiger partial charge in [0.15, 0.2) is 5.76 Å². The quantitative estimate of drug-likeness (QED) is 0.418. The van der Waals surface area contributed by atoms with Crippen molar-refractivity contribution in [1.29, 1.82) is 0 Å². The number of rotatable bonds is 2. The number of hydrogen-bond donors (Lipinski definition) is 0. The molecule has 3 heteroatoms. The first-order valence-corrected chi connectivity index (χ1v) is 8.20. The average Bonchev–Trinajstić information content (AvgIpc) is 3.12. The van der Waals surface area contributed by atoms with Crippen molar-refractivity contribution in [2.24, 2.45) is 0 Å². The third kappa shape index (κ3) is 2.37. The summed E-state index contributed by atoms with van der Waals surface area (Å²) in [7, 11) is 0. The van der Waals surface area contributed by atoms with Crippen LogP contribution in [-0.2, 0) is 0 Å². The maximum absolute atomic E-state index is 6.06. The highest BCUT2D eigenvalue weighted by Gasteiger charge is 2.16. The zero-order chi connectivity index (χ0) is 16.6. The van der Waals surface area contributed by atoms with Gasteiger partial charge in [0.25, 0.3) is 0 Å². The van der Waals surface area contributed by atoms with Gasteiger partial charge in [0, 0.05) is 10.9 Å². The van der Waals surface area contributed by atoms with Crippen molar-refractivity contribution in [3.63, 3.8) is 0 Å². The smallest absolute Gasteiger partial charge is 0.156 e. The van der Waals surface area contributed by atoms with Gasteiger partial charge in [0.2, 0.25) is 0 Å². The number of furan rings is 1. The molecule has 5 aromatic rings. The van der Waals surface area contributed by atoms with E-state index in [1.165, 1.54) is 0 Å². The van der Waals surface area contributed by atoms with Crippen LogP contribution in [-0.4, -0.2) is 9.97 Å². The molecule has 0 N–H and O–H groups in total. The van der Waals surface area contributed by atoms with Crippen molar-refractivity contribution in [3.05, 3.63) is 84.9 Å². The van der Waals surface area contributed by atoms with Crippen LogP contribution in [0.1, 0.15) is 0 Å². The number of benzene rings is 3. The standard InChI is InChI=1S/C22H14N2O/c1-2-8-15(9-3-1)21-22(24-18-12-6-5-11-17(18)23-21)20-14-16-10-4-7-13-19(16)25-20/h1-14H. The lowest BCUT2D eigenvalue weighted by Gasteiger charge is -2.08. The van der Waals surface area contributed by atoms with Crippen molar-refractivity contribution in [2.45, 2.75) is 0 Å². The molecule has 0 aliphatic heterocycles. The zero-order valence-corrected chi connectivity index (χ0v) is 13.4. The van der Waals surface area contributed by atoms with Gasteiger partial charge in [-0.1, -0.05) is 60.7 Å². The molecule has 0 fully saturated rings. The molecule has 118 valence electrons. The van der Waals surface area contributed by atoms with Crippen LogP contribution in [0, 0.1) is 0 Å². The molecule has 0 aliphatic rings. The van der Waals surface area contributed by atoms with Crippen LogP contribution >= 0.6 is 0 Å². The molecule has 2 aromatic heterocycles. The Morgan fingerprint density at radius 1 is 0.600 bits per heavy atom. The van der Waals surface area contributed by atoms with Crippen LogP contribution in [0.15, 0.2) is 89.3 Å². The maximum Gasteiger partial charge on any atom is 0.156 e. The molecule has 0 saturated carbocycles. The summed E-state index contributed by atoms with van der Waals surface area (Å²) in [5.41, 5.74) is 5.21. The highest BCUT2D eigenvalue weighted by atomic mass is 16.3. The van der Waals surface area contributed by atoms with Crippen molar-refractivity contribution < 1.29 is 4.42 Å². The summed E-state index contributed by atoms with van der Waals surface area (Å²) in [6.07, 6.45) is 0. The van der Waals surface area contributed by atoms with Crippen LogP contribution in [0.3, 0.4) is 0 Å². The fourth-order valence-electron chi connectivity index (χ4n) is 3.07. The largest absolute Gasteiger partial charge is 0.454 e. The highest BCUT2D eigenvalue weighted by molar-refractivity contribution is 5.89. The Morgan fingerprint density at radius 3 is 2.00 bits per heavy atom. The molecule has 2 heterocycles. The van der Waals surface area contributed by atoms with E-state index in [1.54, 1.807) is 0 Å². The molecule has 0 amide bonds. The molecule has 3 aromatic carbocycles. The monoisotopic (exact) mass is 322 g/mol. The van der Waals surface area contributed by atoms with Gasteiger partial charge in [0.05, 0.1) is 11.0 Å². The molecule has 25 heavy (non-hydrogen) atoms. The number of fused-ring (bicyclic) bond motifs is 2. The predicted molar refractivity (Wildman–Crippen MR) is 100 cm³/mol. The van der Waals surface area contributed by atoms with Gasteiger partial charge in [-0.2, -0.15) is 0 Å². The lowest BCUT2D eigenvalue weighted by molar-refractivity contribution is 0.629. The topological polar surface area (TPSA) is 38.9 Å². The first-order chi connectivity index (χ1) is 12.4. The van der Waals surface area contributed by atoms with Crippen LogP contribution in [0.2, 0.25) is 0 Å². The van der Waals surface area contributed by atoms with Crippen molar-refractivity contribution in [3.8, 4) is 22.7 Å². The number of para-hydroxylation sites is 3. The Balaban J connectivity index is 1.83. The van der Waals surface area contributed by atoms with E-state index < -0.39 is 0 Å². The lowest BCUT2D eigenvalue weighted by Crippen LogP contribution is -1.94. The average molecular weight is 322 g/mol. The summed E-state index contributed by atoms with van der Waals surface area (Å²) >= 11 is 0. The van der Waals surface area contributed by atoms with Crippen molar-refractivity contribution >= 4 is 22.0 Å². The molecule has 0 radical (unpaired) electrons. The minimum Gasteiger partial charge on any atom is -0.454 e. The van der Waals surface area contributed by atoms with Crippen LogP contribution in [0.25, 0.3) is 44.7 Å². The van der Waals surface area contributed by atoms with E-state index >= 15 is 0 Å². The van der Waals surface area contributed by atoms with E-state index in [9.17, 15) is 0 Å². The minimum absolute atomic E-state index is 0.735. The Labute approximate surface area is 144 Å². The summed E-state index contributed by atoms with van der Waals surface area (Å²) in [6, 6.07) is 28.0. The third-order valence-electron chi connectivity index (χ3n) is 4.28. The van der Waals surface area contributed by atoms with Gasteiger partial charge in [-0.05, 0) is 24.3 Å². The first-order valence-electron chi connectivity index (χ1n) is 8.20. The predicted octanol–water partition coefficient (Wildman–Crippen LogP) is 5.71. The second-order valence-corrected chi connectivity index (χ2v) is 5.92. The molecule has 0 atom stereocenters. The maximum atomic E-state index is 6.06. The van der Waals surface area contributed by atoms with Crippen LogP contribution in [0.5, 0.6) is 0 Å². The van der Waals surface area contributed by atoms with Crippen molar-refractivity contribution in [2.75, 3.05) is 0 Å². The van der Waals surface area contributed by atoms with Gasteiger partial charge in [-0.3, -0.25) is 0 Å². The number of nitrogens with zero attached hydrogens (tertiary/aromatic N) is 2. The fraction of sp³-hybridized carbons (Fsp3) is 0. The SMILES string of the molecule is c1ccc(-c2nc3ccccc3nc2-c2cc3ccccc3o2)cc1. The second-order valence-electron chi connectivity index (χ2n) is 5.92. The lowest BCUT2D eigenvalue weighted by atomic mass is 10.1. The Bertz CT molecular complexity index is 1160. The van der Waals surface area contributed by atoms with E-state index in [0.29, 0.717) is 0 Å². The van der Waals surface area contributed by atoms with Crippen molar-refractivity contribution in [1.82, 2.24) is 9.97 Å². The molecule has 3 nitrogen and oxygen atoms in total. The summed E-state index contributed by atoms with van der Waals surface area (Å²) in [6.45, 7) is 0. The van der Waals surface area contributed by atoms with E-state index in [2.05, 4.69) is 0 Å². The molecule has 5 rings (SSSR count). The Hall–Kier alpha value is -3.46. The summed E-state index contributed by atoms with van der Waals surface area (Å²) < 4.78 is 6.06.